The fourth-order valence-electron chi connectivity index (χ4n) is 3.70. The van der Waals surface area contributed by atoms with Crippen molar-refractivity contribution in [1.82, 2.24) is 0 Å². The topological polar surface area (TPSA) is 71.1 Å². The fourth-order valence-corrected chi connectivity index (χ4v) is 3.96. The third-order valence-electron chi connectivity index (χ3n) is 5.48. The molecule has 2 atom stereocenters. The Kier molecular flexibility index (Phi) is 4.34. The number of rotatable bonds is 5. The second kappa shape index (κ2) is 6.44. The van der Waals surface area contributed by atoms with Crippen LogP contribution in [-0.2, 0) is 9.53 Å². The van der Waals surface area contributed by atoms with Gasteiger partial charge in [0.05, 0.1) is 20.8 Å². The number of ketones is 2. The highest BCUT2D eigenvalue weighted by Gasteiger charge is 2.60. The number of halogens is 1. The van der Waals surface area contributed by atoms with Crippen molar-refractivity contribution in [3.8, 4) is 17.2 Å². The number of fused-ring (bicyclic) bond motifs is 1. The van der Waals surface area contributed by atoms with Gasteiger partial charge in [0.25, 0.3) is 0 Å². The molecule has 1 aliphatic heterocycles. The van der Waals surface area contributed by atoms with Gasteiger partial charge in [-0.05, 0) is 18.8 Å². The minimum atomic E-state index is -1.64. The lowest BCUT2D eigenvalue weighted by Crippen LogP contribution is -2.54. The Morgan fingerprint density at radius 1 is 1.22 bits per heavy atom. The number of benzene rings is 1. The second-order valence-corrected chi connectivity index (χ2v) is 7.68. The van der Waals surface area contributed by atoms with Crippen LogP contribution in [0.5, 0.6) is 17.2 Å². The monoisotopic (exact) mass is 392 g/mol. The third kappa shape index (κ3) is 2.69. The number of carbonyl (C=O) groups excluding carboxylic acids is 2. The lowest BCUT2D eigenvalue weighted by atomic mass is 9.74. The predicted octanol–water partition coefficient (Wildman–Crippen LogP) is 3.59. The summed E-state index contributed by atoms with van der Waals surface area (Å²) < 4.78 is 22.3. The molecule has 0 radical (unpaired) electrons. The first-order chi connectivity index (χ1) is 12.9. The molecule has 0 amide bonds. The van der Waals surface area contributed by atoms with Gasteiger partial charge in [-0.15, -0.1) is 0 Å². The molecule has 1 saturated carbocycles. The molecule has 7 heteroatoms. The Balaban J connectivity index is 1.72. The summed E-state index contributed by atoms with van der Waals surface area (Å²) in [5, 5.41) is 0.151. The summed E-state index contributed by atoms with van der Waals surface area (Å²) in [6.45, 7) is 2.43. The summed E-state index contributed by atoms with van der Waals surface area (Å²) in [5.74, 6) is 0.637. The number of allylic oxidation sites excluding steroid dienone is 1. The molecule has 0 bridgehead atoms. The predicted molar refractivity (Wildman–Crippen MR) is 97.8 cm³/mol. The zero-order valence-electron chi connectivity index (χ0n) is 15.5. The van der Waals surface area contributed by atoms with Crippen LogP contribution in [0, 0.1) is 11.8 Å². The van der Waals surface area contributed by atoms with E-state index in [-0.39, 0.29) is 22.1 Å². The smallest absolute Gasteiger partial charge is 0.236 e. The summed E-state index contributed by atoms with van der Waals surface area (Å²) in [7, 11) is 2.90. The van der Waals surface area contributed by atoms with Crippen molar-refractivity contribution in [2.75, 3.05) is 20.8 Å². The van der Waals surface area contributed by atoms with Crippen molar-refractivity contribution < 1.29 is 28.5 Å². The van der Waals surface area contributed by atoms with E-state index in [0.717, 1.165) is 12.8 Å². The molecule has 1 spiro atoms. The van der Waals surface area contributed by atoms with Gasteiger partial charge in [0.2, 0.25) is 17.2 Å². The van der Waals surface area contributed by atoms with Crippen LogP contribution >= 0.6 is 11.6 Å². The van der Waals surface area contributed by atoms with E-state index in [1.165, 1.54) is 26.4 Å². The summed E-state index contributed by atoms with van der Waals surface area (Å²) in [5.41, 5.74) is -1.46. The van der Waals surface area contributed by atoms with Crippen LogP contribution in [0.15, 0.2) is 17.9 Å². The average molecular weight is 393 g/mol. The van der Waals surface area contributed by atoms with Gasteiger partial charge in [-0.25, -0.2) is 0 Å². The number of ether oxygens (including phenoxy) is 4. The van der Waals surface area contributed by atoms with Crippen molar-refractivity contribution in [3.63, 3.8) is 0 Å². The Bertz CT molecular complexity index is 857. The van der Waals surface area contributed by atoms with E-state index in [1.54, 1.807) is 0 Å². The van der Waals surface area contributed by atoms with Crippen LogP contribution in [0.3, 0.4) is 0 Å². The molecule has 3 aliphatic rings. The number of hydrogen-bond donors (Lipinski definition) is 0. The number of carbonyl (C=O) groups is 2. The fraction of sp³-hybridized carbons (Fsp3) is 0.500. The van der Waals surface area contributed by atoms with Gasteiger partial charge < -0.3 is 18.9 Å². The molecule has 27 heavy (non-hydrogen) atoms. The highest BCUT2D eigenvalue weighted by Crippen LogP contribution is 2.53. The Hall–Kier alpha value is -2.21. The van der Waals surface area contributed by atoms with Gasteiger partial charge in [-0.1, -0.05) is 18.5 Å². The molecule has 0 aromatic heterocycles. The minimum absolute atomic E-state index is 0.133. The quantitative estimate of drug-likeness (QED) is 0.713. The van der Waals surface area contributed by atoms with Crippen LogP contribution in [0.2, 0.25) is 5.02 Å². The van der Waals surface area contributed by atoms with Gasteiger partial charge in [0.1, 0.15) is 27.8 Å². The molecule has 1 fully saturated rings. The van der Waals surface area contributed by atoms with Gasteiger partial charge in [0.15, 0.2) is 5.75 Å². The molecule has 2 aliphatic carbocycles. The van der Waals surface area contributed by atoms with Crippen LogP contribution in [0.4, 0.5) is 0 Å². The second-order valence-electron chi connectivity index (χ2n) is 7.30. The van der Waals surface area contributed by atoms with Crippen LogP contribution in [-0.4, -0.2) is 38.0 Å². The highest BCUT2D eigenvalue weighted by molar-refractivity contribution is 6.36. The summed E-state index contributed by atoms with van der Waals surface area (Å²) >= 11 is 6.36. The molecule has 0 saturated heterocycles. The van der Waals surface area contributed by atoms with Crippen molar-refractivity contribution in [3.05, 3.63) is 28.5 Å². The third-order valence-corrected chi connectivity index (χ3v) is 5.84. The molecule has 4 rings (SSSR count). The van der Waals surface area contributed by atoms with Gasteiger partial charge in [-0.3, -0.25) is 9.59 Å². The van der Waals surface area contributed by atoms with E-state index in [2.05, 4.69) is 0 Å². The lowest BCUT2D eigenvalue weighted by Gasteiger charge is -2.34. The summed E-state index contributed by atoms with van der Waals surface area (Å²) in [4.78, 5) is 26.3. The first-order valence-electron chi connectivity index (χ1n) is 8.98. The van der Waals surface area contributed by atoms with E-state index in [1.807, 2.05) is 6.92 Å². The molecule has 0 unspecified atom stereocenters. The maximum absolute atomic E-state index is 13.3. The highest BCUT2D eigenvalue weighted by atomic mass is 35.5. The number of hydrogen-bond acceptors (Lipinski definition) is 6. The van der Waals surface area contributed by atoms with Crippen LogP contribution in [0.25, 0.3) is 0 Å². The Labute approximate surface area is 162 Å². The zero-order valence-corrected chi connectivity index (χ0v) is 16.2. The van der Waals surface area contributed by atoms with Crippen molar-refractivity contribution >= 4 is 23.2 Å². The number of Topliss-reactive ketones (excluding diaryl/α,β-unsaturated/α-hetero) is 1. The van der Waals surface area contributed by atoms with Crippen molar-refractivity contribution in [2.45, 2.75) is 31.8 Å². The van der Waals surface area contributed by atoms with Gasteiger partial charge >= 0.3 is 0 Å². The first-order valence-corrected chi connectivity index (χ1v) is 9.36. The molecular formula is C20H21ClO6. The molecular weight excluding hydrogens is 372 g/mol. The van der Waals surface area contributed by atoms with Crippen molar-refractivity contribution in [2.24, 2.45) is 11.8 Å². The van der Waals surface area contributed by atoms with E-state index in [4.69, 9.17) is 30.5 Å². The minimum Gasteiger partial charge on any atom is -0.498 e. The SMILES string of the molecule is COc1cc(OC)c2c(c1Cl)O[C@@]1(C(=O)C=C(OCC3CC3)C[C@H]1C)C2=O. The summed E-state index contributed by atoms with van der Waals surface area (Å²) in [6, 6.07) is 1.53. The largest absolute Gasteiger partial charge is 0.498 e. The molecule has 1 heterocycles. The molecule has 1 aromatic rings. The maximum Gasteiger partial charge on any atom is 0.236 e. The van der Waals surface area contributed by atoms with Crippen LogP contribution < -0.4 is 14.2 Å². The molecule has 6 nitrogen and oxygen atoms in total. The van der Waals surface area contributed by atoms with Gasteiger partial charge in [0, 0.05) is 24.5 Å². The van der Waals surface area contributed by atoms with E-state index < -0.39 is 23.1 Å². The molecule has 0 N–H and O–H groups in total. The number of methoxy groups -OCH3 is 2. The maximum atomic E-state index is 13.3. The van der Waals surface area contributed by atoms with Crippen molar-refractivity contribution in [1.29, 1.82) is 0 Å². The Morgan fingerprint density at radius 2 is 1.93 bits per heavy atom. The van der Waals surface area contributed by atoms with E-state index in [0.29, 0.717) is 30.5 Å². The lowest BCUT2D eigenvalue weighted by molar-refractivity contribution is -0.129. The van der Waals surface area contributed by atoms with E-state index in [9.17, 15) is 9.59 Å². The van der Waals surface area contributed by atoms with Gasteiger partial charge in [-0.2, -0.15) is 0 Å². The summed E-state index contributed by atoms with van der Waals surface area (Å²) in [6.07, 6.45) is 4.16. The van der Waals surface area contributed by atoms with E-state index >= 15 is 0 Å². The molecule has 1 aromatic carbocycles. The first kappa shape index (κ1) is 18.2. The molecule has 144 valence electrons. The average Bonchev–Trinajstić information content (AvgIpc) is 3.42. The zero-order chi connectivity index (χ0) is 19.3. The van der Waals surface area contributed by atoms with Crippen LogP contribution in [0.1, 0.15) is 36.5 Å². The normalized spacial score (nSPS) is 26.5. The Morgan fingerprint density at radius 3 is 2.52 bits per heavy atom. The standard InChI is InChI=1S/C20H21ClO6/c1-10-6-12(26-9-11-4-5-11)7-15(22)20(10)19(23)16-13(24-2)8-14(25-3)17(21)18(16)27-20/h7-8,10-11H,4-6,9H2,1-3H3/t10-,20+/m1/s1.